The molecular formula is C23H23N3O5S. The number of nitrogens with zero attached hydrogens (tertiary/aromatic N) is 2. The van der Waals surface area contributed by atoms with Crippen LogP contribution in [0.3, 0.4) is 0 Å². The fourth-order valence-corrected chi connectivity index (χ4v) is 4.32. The summed E-state index contributed by atoms with van der Waals surface area (Å²) in [6.45, 7) is 2.07. The fraction of sp³-hybridized carbons (Fsp3) is 0.261. The van der Waals surface area contributed by atoms with E-state index in [1.807, 2.05) is 25.1 Å². The molecule has 166 valence electrons. The Bertz CT molecular complexity index is 1170. The van der Waals surface area contributed by atoms with Crippen molar-refractivity contribution >= 4 is 34.0 Å². The van der Waals surface area contributed by atoms with E-state index in [0.717, 1.165) is 22.6 Å². The van der Waals surface area contributed by atoms with Crippen LogP contribution in [0.15, 0.2) is 36.4 Å². The summed E-state index contributed by atoms with van der Waals surface area (Å²) in [6, 6.07) is 10.6. The molecule has 3 aromatic rings. The van der Waals surface area contributed by atoms with Crippen molar-refractivity contribution in [2.45, 2.75) is 13.3 Å². The zero-order valence-electron chi connectivity index (χ0n) is 18.2. The second-order valence-corrected chi connectivity index (χ2v) is 8.21. The predicted octanol–water partition coefficient (Wildman–Crippen LogP) is 4.00. The number of carbonyl (C=O) groups is 2. The van der Waals surface area contributed by atoms with E-state index in [-0.39, 0.29) is 18.4 Å². The van der Waals surface area contributed by atoms with Crippen LogP contribution in [0, 0.1) is 0 Å². The molecule has 0 unspecified atom stereocenters. The van der Waals surface area contributed by atoms with Crippen molar-refractivity contribution in [3.05, 3.63) is 46.8 Å². The summed E-state index contributed by atoms with van der Waals surface area (Å²) in [4.78, 5) is 32.1. The number of rotatable bonds is 6. The summed E-state index contributed by atoms with van der Waals surface area (Å²) in [5.41, 5.74) is 2.72. The monoisotopic (exact) mass is 453 g/mol. The van der Waals surface area contributed by atoms with Crippen LogP contribution in [0.4, 0.5) is 10.8 Å². The SMILES string of the molecule is CCc1sc(NC(=O)c2cc(OC)cc(OC)c2)nc1-c1ccc2c(c1)N(C)C(=O)CO2. The van der Waals surface area contributed by atoms with Crippen LogP contribution in [0.5, 0.6) is 17.2 Å². The minimum Gasteiger partial charge on any atom is -0.497 e. The Morgan fingerprint density at radius 1 is 1.19 bits per heavy atom. The third kappa shape index (κ3) is 4.11. The van der Waals surface area contributed by atoms with Gasteiger partial charge in [0, 0.05) is 29.1 Å². The minimum absolute atomic E-state index is 0.0327. The van der Waals surface area contributed by atoms with Crippen molar-refractivity contribution in [3.63, 3.8) is 0 Å². The highest BCUT2D eigenvalue weighted by molar-refractivity contribution is 7.16. The van der Waals surface area contributed by atoms with Gasteiger partial charge in [-0.3, -0.25) is 14.9 Å². The third-order valence-electron chi connectivity index (χ3n) is 5.17. The summed E-state index contributed by atoms with van der Waals surface area (Å²) in [6.07, 6.45) is 0.748. The first-order chi connectivity index (χ1) is 15.4. The molecule has 0 fully saturated rings. The van der Waals surface area contributed by atoms with E-state index in [2.05, 4.69) is 10.3 Å². The second-order valence-electron chi connectivity index (χ2n) is 7.12. The first-order valence-corrected chi connectivity index (χ1v) is 10.8. The molecule has 1 aliphatic rings. The summed E-state index contributed by atoms with van der Waals surface area (Å²) in [5, 5.41) is 3.36. The molecule has 9 heteroatoms. The van der Waals surface area contributed by atoms with E-state index >= 15 is 0 Å². The second kappa shape index (κ2) is 8.88. The summed E-state index contributed by atoms with van der Waals surface area (Å²) >= 11 is 1.42. The molecule has 2 amide bonds. The Balaban J connectivity index is 1.64. The van der Waals surface area contributed by atoms with E-state index in [0.29, 0.717) is 33.6 Å². The molecule has 8 nitrogen and oxygen atoms in total. The van der Waals surface area contributed by atoms with Gasteiger partial charge >= 0.3 is 0 Å². The van der Waals surface area contributed by atoms with Gasteiger partial charge in [-0.15, -0.1) is 11.3 Å². The molecule has 2 aromatic carbocycles. The lowest BCUT2D eigenvalue weighted by Crippen LogP contribution is -2.35. The summed E-state index contributed by atoms with van der Waals surface area (Å²) in [5.74, 6) is 1.29. The Morgan fingerprint density at radius 3 is 2.56 bits per heavy atom. The van der Waals surface area contributed by atoms with Gasteiger partial charge < -0.3 is 19.1 Å². The standard InChI is InChI=1S/C23H23N3O5S/c1-5-19-21(13-6-7-18-17(10-13)26(2)20(27)12-31-18)24-23(32-19)25-22(28)14-8-15(29-3)11-16(9-14)30-4/h6-11H,5,12H2,1-4H3,(H,24,25,28). The number of likely N-dealkylation sites (N-methyl/N-ethyl adjacent to an activating group) is 1. The van der Waals surface area contributed by atoms with Gasteiger partial charge in [-0.25, -0.2) is 4.98 Å². The van der Waals surface area contributed by atoms with Crippen molar-refractivity contribution in [1.29, 1.82) is 0 Å². The summed E-state index contributed by atoms with van der Waals surface area (Å²) < 4.78 is 16.0. The molecule has 0 spiro atoms. The van der Waals surface area contributed by atoms with Crippen LogP contribution in [0.1, 0.15) is 22.2 Å². The number of nitrogens with one attached hydrogen (secondary N) is 1. The number of aryl methyl sites for hydroxylation is 1. The Labute approximate surface area is 189 Å². The number of amides is 2. The molecule has 0 bridgehead atoms. The van der Waals surface area contributed by atoms with E-state index in [1.54, 1.807) is 30.1 Å². The van der Waals surface area contributed by atoms with Gasteiger partial charge in [-0.1, -0.05) is 6.92 Å². The van der Waals surface area contributed by atoms with E-state index < -0.39 is 0 Å². The third-order valence-corrected chi connectivity index (χ3v) is 6.29. The molecule has 1 N–H and O–H groups in total. The van der Waals surface area contributed by atoms with E-state index in [9.17, 15) is 9.59 Å². The van der Waals surface area contributed by atoms with Crippen LogP contribution in [0.2, 0.25) is 0 Å². The maximum Gasteiger partial charge on any atom is 0.264 e. The lowest BCUT2D eigenvalue weighted by atomic mass is 10.1. The van der Waals surface area contributed by atoms with Crippen LogP contribution in [-0.4, -0.2) is 44.7 Å². The zero-order valence-corrected chi connectivity index (χ0v) is 19.0. The predicted molar refractivity (Wildman–Crippen MR) is 123 cm³/mol. The highest BCUT2D eigenvalue weighted by atomic mass is 32.1. The smallest absolute Gasteiger partial charge is 0.264 e. The molecule has 1 aliphatic heterocycles. The molecule has 0 radical (unpaired) electrons. The Morgan fingerprint density at radius 2 is 1.91 bits per heavy atom. The van der Waals surface area contributed by atoms with Crippen molar-refractivity contribution in [2.75, 3.05) is 38.1 Å². The van der Waals surface area contributed by atoms with Gasteiger partial charge in [-0.05, 0) is 36.8 Å². The summed E-state index contributed by atoms with van der Waals surface area (Å²) in [7, 11) is 4.79. The maximum atomic E-state index is 12.9. The molecule has 32 heavy (non-hydrogen) atoms. The lowest BCUT2D eigenvalue weighted by molar-refractivity contribution is -0.120. The van der Waals surface area contributed by atoms with Crippen molar-refractivity contribution < 1.29 is 23.8 Å². The number of thiazole rings is 1. The number of hydrogen-bond donors (Lipinski definition) is 1. The number of carbonyl (C=O) groups excluding carboxylic acids is 2. The van der Waals surface area contributed by atoms with Crippen LogP contribution in [0.25, 0.3) is 11.3 Å². The zero-order chi connectivity index (χ0) is 22.8. The molecular weight excluding hydrogens is 430 g/mol. The van der Waals surface area contributed by atoms with Crippen LogP contribution < -0.4 is 24.4 Å². The molecule has 1 aromatic heterocycles. The molecule has 0 saturated carbocycles. The fourth-order valence-electron chi connectivity index (χ4n) is 3.40. The average molecular weight is 454 g/mol. The Hall–Kier alpha value is -3.59. The number of ether oxygens (including phenoxy) is 3. The molecule has 0 atom stereocenters. The quantitative estimate of drug-likeness (QED) is 0.607. The van der Waals surface area contributed by atoms with Crippen molar-refractivity contribution in [1.82, 2.24) is 4.98 Å². The topological polar surface area (TPSA) is 90.0 Å². The first-order valence-electron chi connectivity index (χ1n) is 10.0. The average Bonchev–Trinajstić information content (AvgIpc) is 3.23. The van der Waals surface area contributed by atoms with E-state index in [4.69, 9.17) is 14.2 Å². The van der Waals surface area contributed by atoms with Gasteiger partial charge in [0.2, 0.25) is 0 Å². The van der Waals surface area contributed by atoms with Crippen LogP contribution >= 0.6 is 11.3 Å². The number of fused-ring (bicyclic) bond motifs is 1. The maximum absolute atomic E-state index is 12.9. The molecule has 2 heterocycles. The number of hydrogen-bond acceptors (Lipinski definition) is 7. The van der Waals surface area contributed by atoms with Gasteiger partial charge in [-0.2, -0.15) is 0 Å². The van der Waals surface area contributed by atoms with Gasteiger partial charge in [0.1, 0.15) is 17.2 Å². The number of methoxy groups -OCH3 is 2. The van der Waals surface area contributed by atoms with Gasteiger partial charge in [0.05, 0.1) is 25.6 Å². The Kier molecular flexibility index (Phi) is 6.00. The normalized spacial score (nSPS) is 12.8. The largest absolute Gasteiger partial charge is 0.497 e. The number of anilines is 2. The van der Waals surface area contributed by atoms with Crippen molar-refractivity contribution in [2.24, 2.45) is 0 Å². The molecule has 0 aliphatic carbocycles. The van der Waals surface area contributed by atoms with Crippen molar-refractivity contribution in [3.8, 4) is 28.5 Å². The highest BCUT2D eigenvalue weighted by Crippen LogP contribution is 2.38. The molecule has 0 saturated heterocycles. The molecule has 4 rings (SSSR count). The van der Waals surface area contributed by atoms with Gasteiger partial charge in [0.15, 0.2) is 11.7 Å². The highest BCUT2D eigenvalue weighted by Gasteiger charge is 2.24. The first kappa shape index (κ1) is 21.6. The van der Waals surface area contributed by atoms with Gasteiger partial charge in [0.25, 0.3) is 11.8 Å². The number of aromatic nitrogens is 1. The number of benzene rings is 2. The van der Waals surface area contributed by atoms with Crippen LogP contribution in [-0.2, 0) is 11.2 Å². The van der Waals surface area contributed by atoms with E-state index in [1.165, 1.54) is 25.6 Å². The lowest BCUT2D eigenvalue weighted by Gasteiger charge is -2.26. The minimum atomic E-state index is -0.311.